The quantitative estimate of drug-likeness (QED) is 0.422. The van der Waals surface area contributed by atoms with Gasteiger partial charge in [0.2, 0.25) is 5.82 Å². The minimum absolute atomic E-state index is 0.00264. The molecule has 0 radical (unpaired) electrons. The standard InChI is InChI=1S/C29H39FN6O3/c1-7-34-10-12-35(13-11-34)17-20-8-9-21(14-24(20)30)36-27(32-33-28(36)29(38)31-19(4)5)23-15-22(18(2)3)26(39-6)16-25(23)37/h8-9,14-16,18-19,37H,7,10-13,17H2,1-6H3,(H,31,38). The zero-order valence-electron chi connectivity index (χ0n) is 23.7. The third-order valence-electron chi connectivity index (χ3n) is 7.10. The molecule has 2 heterocycles. The summed E-state index contributed by atoms with van der Waals surface area (Å²) in [5.41, 5.74) is 2.20. The van der Waals surface area contributed by atoms with E-state index in [1.165, 1.54) is 16.7 Å². The summed E-state index contributed by atoms with van der Waals surface area (Å²) < 4.78 is 22.5. The van der Waals surface area contributed by atoms with Gasteiger partial charge in [-0.15, -0.1) is 10.2 Å². The summed E-state index contributed by atoms with van der Waals surface area (Å²) in [6.07, 6.45) is 0. The molecule has 10 heteroatoms. The molecule has 0 bridgehead atoms. The van der Waals surface area contributed by atoms with Crippen LogP contribution < -0.4 is 10.1 Å². The number of carbonyl (C=O) groups excluding carboxylic acids is 1. The van der Waals surface area contributed by atoms with Gasteiger partial charge in [0, 0.05) is 50.4 Å². The maximum Gasteiger partial charge on any atom is 0.289 e. The number of benzene rings is 2. The van der Waals surface area contributed by atoms with Crippen molar-refractivity contribution in [1.29, 1.82) is 0 Å². The van der Waals surface area contributed by atoms with Gasteiger partial charge in [-0.25, -0.2) is 4.39 Å². The van der Waals surface area contributed by atoms with Crippen molar-refractivity contribution in [1.82, 2.24) is 29.9 Å². The van der Waals surface area contributed by atoms with Crippen molar-refractivity contribution in [3.8, 4) is 28.6 Å². The number of hydrogen-bond acceptors (Lipinski definition) is 7. The van der Waals surface area contributed by atoms with Crippen LogP contribution in [0.4, 0.5) is 4.39 Å². The van der Waals surface area contributed by atoms with Gasteiger partial charge in [0.25, 0.3) is 5.91 Å². The second-order valence-electron chi connectivity index (χ2n) is 10.6. The van der Waals surface area contributed by atoms with Gasteiger partial charge in [0.15, 0.2) is 5.82 Å². The average Bonchev–Trinajstić information content (AvgIpc) is 3.34. The molecule has 0 aliphatic carbocycles. The lowest BCUT2D eigenvalue weighted by molar-refractivity contribution is 0.0930. The first-order chi connectivity index (χ1) is 18.6. The van der Waals surface area contributed by atoms with Gasteiger partial charge in [0.05, 0.1) is 18.4 Å². The third-order valence-corrected chi connectivity index (χ3v) is 7.10. The number of ether oxygens (including phenoxy) is 1. The molecule has 0 spiro atoms. The van der Waals surface area contributed by atoms with E-state index in [1.54, 1.807) is 25.3 Å². The largest absolute Gasteiger partial charge is 0.507 e. The Morgan fingerprint density at radius 2 is 1.77 bits per heavy atom. The molecule has 1 aliphatic rings. The second-order valence-corrected chi connectivity index (χ2v) is 10.6. The summed E-state index contributed by atoms with van der Waals surface area (Å²) in [5.74, 6) is -0.0255. The average molecular weight is 539 g/mol. The van der Waals surface area contributed by atoms with E-state index in [2.05, 4.69) is 32.2 Å². The summed E-state index contributed by atoms with van der Waals surface area (Å²) in [5, 5.41) is 22.2. The SMILES string of the molecule is CCN1CCN(Cc2ccc(-n3c(C(=O)NC(C)C)nnc3-c3cc(C(C)C)c(OC)cc3O)cc2F)CC1. The van der Waals surface area contributed by atoms with Crippen LogP contribution in [0.3, 0.4) is 0 Å². The van der Waals surface area contributed by atoms with Gasteiger partial charge in [0.1, 0.15) is 17.3 Å². The van der Waals surface area contributed by atoms with Gasteiger partial charge < -0.3 is 20.1 Å². The van der Waals surface area contributed by atoms with E-state index >= 15 is 4.39 Å². The predicted molar refractivity (Wildman–Crippen MR) is 149 cm³/mol. The molecule has 39 heavy (non-hydrogen) atoms. The highest BCUT2D eigenvalue weighted by Gasteiger charge is 2.26. The molecule has 0 saturated carbocycles. The number of nitrogens with zero attached hydrogens (tertiary/aromatic N) is 5. The Bertz CT molecular complexity index is 1310. The van der Waals surface area contributed by atoms with E-state index < -0.39 is 5.91 Å². The van der Waals surface area contributed by atoms with Crippen molar-refractivity contribution in [2.45, 2.75) is 53.1 Å². The highest BCUT2D eigenvalue weighted by molar-refractivity contribution is 5.92. The number of methoxy groups -OCH3 is 1. The first kappa shape index (κ1) is 28.5. The van der Waals surface area contributed by atoms with Crippen molar-refractivity contribution in [3.63, 3.8) is 0 Å². The first-order valence-corrected chi connectivity index (χ1v) is 13.5. The Balaban J connectivity index is 1.76. The first-order valence-electron chi connectivity index (χ1n) is 13.5. The monoisotopic (exact) mass is 538 g/mol. The van der Waals surface area contributed by atoms with Gasteiger partial charge in [-0.3, -0.25) is 14.3 Å². The molecule has 1 saturated heterocycles. The fraction of sp³-hybridized carbons (Fsp3) is 0.483. The lowest BCUT2D eigenvalue weighted by Crippen LogP contribution is -2.45. The summed E-state index contributed by atoms with van der Waals surface area (Å²) >= 11 is 0. The fourth-order valence-corrected chi connectivity index (χ4v) is 4.88. The van der Waals surface area contributed by atoms with Crippen LogP contribution in [0.1, 0.15) is 62.3 Å². The number of hydrogen-bond donors (Lipinski definition) is 2. The topological polar surface area (TPSA) is 95.8 Å². The highest BCUT2D eigenvalue weighted by atomic mass is 19.1. The molecule has 1 fully saturated rings. The van der Waals surface area contributed by atoms with Crippen LogP contribution in [0.15, 0.2) is 30.3 Å². The zero-order chi connectivity index (χ0) is 28.3. The van der Waals surface area contributed by atoms with E-state index in [-0.39, 0.29) is 35.2 Å². The van der Waals surface area contributed by atoms with E-state index in [0.717, 1.165) is 38.3 Å². The maximum atomic E-state index is 15.5. The molecule has 0 unspecified atom stereocenters. The van der Waals surface area contributed by atoms with Crippen LogP contribution in [-0.4, -0.2) is 81.5 Å². The summed E-state index contributed by atoms with van der Waals surface area (Å²) in [6.45, 7) is 15.1. The van der Waals surface area contributed by atoms with Gasteiger partial charge >= 0.3 is 0 Å². The van der Waals surface area contributed by atoms with Gasteiger partial charge in [-0.1, -0.05) is 26.8 Å². The Hall–Kier alpha value is -3.50. The molecule has 3 aromatic rings. The number of piperazine rings is 1. The van der Waals surface area contributed by atoms with E-state index in [0.29, 0.717) is 29.1 Å². The van der Waals surface area contributed by atoms with Crippen LogP contribution in [0.25, 0.3) is 17.1 Å². The Kier molecular flexibility index (Phi) is 8.87. The van der Waals surface area contributed by atoms with Crippen molar-refractivity contribution in [2.24, 2.45) is 0 Å². The maximum absolute atomic E-state index is 15.5. The number of carbonyl (C=O) groups is 1. The van der Waals surface area contributed by atoms with Crippen LogP contribution in [-0.2, 0) is 6.54 Å². The molecule has 1 amide bonds. The Morgan fingerprint density at radius 1 is 1.08 bits per heavy atom. The number of nitrogens with one attached hydrogen (secondary N) is 1. The number of phenols is 1. The number of aromatic hydroxyl groups is 1. The third kappa shape index (κ3) is 6.23. The molecular weight excluding hydrogens is 499 g/mol. The molecule has 4 rings (SSSR count). The van der Waals surface area contributed by atoms with Crippen LogP contribution in [0, 0.1) is 5.82 Å². The number of phenolic OH excluding ortho intramolecular Hbond substituents is 1. The van der Waals surface area contributed by atoms with E-state index in [9.17, 15) is 9.90 Å². The normalized spacial score (nSPS) is 14.8. The minimum Gasteiger partial charge on any atom is -0.507 e. The summed E-state index contributed by atoms with van der Waals surface area (Å²) in [7, 11) is 1.55. The Morgan fingerprint density at radius 3 is 2.36 bits per heavy atom. The number of amides is 1. The second kappa shape index (κ2) is 12.1. The number of aromatic nitrogens is 3. The lowest BCUT2D eigenvalue weighted by atomic mass is 9.98. The summed E-state index contributed by atoms with van der Waals surface area (Å²) in [4.78, 5) is 17.7. The van der Waals surface area contributed by atoms with Gasteiger partial charge in [-0.2, -0.15) is 0 Å². The number of halogens is 1. The molecular formula is C29H39FN6O3. The number of rotatable bonds is 9. The fourth-order valence-electron chi connectivity index (χ4n) is 4.88. The number of likely N-dealkylation sites (N-methyl/N-ethyl adjacent to an activating group) is 1. The minimum atomic E-state index is -0.445. The van der Waals surface area contributed by atoms with Crippen LogP contribution in [0.2, 0.25) is 0 Å². The van der Waals surface area contributed by atoms with Crippen LogP contribution in [0.5, 0.6) is 11.5 Å². The predicted octanol–water partition coefficient (Wildman–Crippen LogP) is 4.19. The van der Waals surface area contributed by atoms with E-state index in [4.69, 9.17) is 4.74 Å². The summed E-state index contributed by atoms with van der Waals surface area (Å²) in [6, 6.07) is 8.09. The molecule has 210 valence electrons. The van der Waals surface area contributed by atoms with Crippen molar-refractivity contribution in [2.75, 3.05) is 39.8 Å². The molecule has 1 aliphatic heterocycles. The van der Waals surface area contributed by atoms with Crippen molar-refractivity contribution >= 4 is 5.91 Å². The molecule has 9 nitrogen and oxygen atoms in total. The van der Waals surface area contributed by atoms with Crippen LogP contribution >= 0.6 is 0 Å². The van der Waals surface area contributed by atoms with E-state index in [1.807, 2.05) is 27.7 Å². The molecule has 2 aromatic carbocycles. The molecule has 1 aromatic heterocycles. The molecule has 0 atom stereocenters. The van der Waals surface area contributed by atoms with Crippen molar-refractivity contribution < 1.29 is 19.0 Å². The zero-order valence-corrected chi connectivity index (χ0v) is 23.7. The molecule has 2 N–H and O–H groups in total. The van der Waals surface area contributed by atoms with Gasteiger partial charge in [-0.05, 0) is 50.1 Å². The van der Waals surface area contributed by atoms with Crippen molar-refractivity contribution in [3.05, 3.63) is 53.1 Å². The Labute approximate surface area is 229 Å². The smallest absolute Gasteiger partial charge is 0.289 e. The highest BCUT2D eigenvalue weighted by Crippen LogP contribution is 2.38. The lowest BCUT2D eigenvalue weighted by Gasteiger charge is -2.34.